The van der Waals surface area contributed by atoms with Crippen molar-refractivity contribution in [3.63, 3.8) is 0 Å². The molecule has 0 bridgehead atoms. The highest BCUT2D eigenvalue weighted by molar-refractivity contribution is 5.94. The van der Waals surface area contributed by atoms with E-state index < -0.39 is 23.8 Å². The van der Waals surface area contributed by atoms with Gasteiger partial charge in [0.2, 0.25) is 5.91 Å². The van der Waals surface area contributed by atoms with E-state index in [2.05, 4.69) is 10.6 Å². The SMILES string of the molecule is COC(CN)CC(=O)Nc1cc(C(F)(F)F)ccc1NCc1ccccc1.Cl. The number of amides is 1. The number of benzene rings is 2. The van der Waals surface area contributed by atoms with Gasteiger partial charge in [-0.3, -0.25) is 4.79 Å². The molecule has 28 heavy (non-hydrogen) atoms. The standard InChI is InChI=1S/C19H22F3N3O2.ClH/c1-27-15(11-23)10-18(26)25-17-9-14(19(20,21)22)7-8-16(17)24-12-13-5-3-2-4-6-13;/h2-9,15,24H,10-12,23H2,1H3,(H,25,26);1H. The van der Waals surface area contributed by atoms with Crippen LogP contribution >= 0.6 is 12.4 Å². The first-order chi connectivity index (χ1) is 12.8. The lowest BCUT2D eigenvalue weighted by molar-refractivity contribution is -0.137. The summed E-state index contributed by atoms with van der Waals surface area (Å²) < 4.78 is 44.2. The molecular weight excluding hydrogens is 395 g/mol. The molecule has 0 aliphatic heterocycles. The lowest BCUT2D eigenvalue weighted by atomic mass is 10.1. The molecule has 9 heteroatoms. The molecule has 1 amide bonds. The summed E-state index contributed by atoms with van der Waals surface area (Å²) >= 11 is 0. The zero-order chi connectivity index (χ0) is 19.9. The number of alkyl halides is 3. The van der Waals surface area contributed by atoms with Crippen LogP contribution in [0.5, 0.6) is 0 Å². The van der Waals surface area contributed by atoms with Gasteiger partial charge in [-0.15, -0.1) is 12.4 Å². The van der Waals surface area contributed by atoms with Gasteiger partial charge in [-0.25, -0.2) is 0 Å². The first kappa shape index (κ1) is 23.7. The Morgan fingerprint density at radius 3 is 2.39 bits per heavy atom. The molecule has 0 aromatic heterocycles. The van der Waals surface area contributed by atoms with Crippen molar-refractivity contribution in [3.8, 4) is 0 Å². The molecule has 0 heterocycles. The van der Waals surface area contributed by atoms with Gasteiger partial charge in [0.25, 0.3) is 0 Å². The van der Waals surface area contributed by atoms with E-state index in [0.717, 1.165) is 17.7 Å². The Balaban J connectivity index is 0.00000392. The maximum atomic E-state index is 13.0. The summed E-state index contributed by atoms with van der Waals surface area (Å²) in [6.45, 7) is 0.532. The van der Waals surface area contributed by atoms with Gasteiger partial charge in [-0.05, 0) is 23.8 Å². The zero-order valence-electron chi connectivity index (χ0n) is 15.3. The van der Waals surface area contributed by atoms with E-state index in [4.69, 9.17) is 10.5 Å². The van der Waals surface area contributed by atoms with Crippen LogP contribution in [0.4, 0.5) is 24.5 Å². The quantitative estimate of drug-likeness (QED) is 0.605. The molecule has 5 nitrogen and oxygen atoms in total. The van der Waals surface area contributed by atoms with Crippen molar-refractivity contribution < 1.29 is 22.7 Å². The topological polar surface area (TPSA) is 76.4 Å². The average molecular weight is 418 g/mol. The predicted octanol–water partition coefficient (Wildman–Crippen LogP) is 4.04. The Morgan fingerprint density at radius 2 is 1.82 bits per heavy atom. The Kier molecular flexibility index (Phi) is 9.24. The van der Waals surface area contributed by atoms with Crippen molar-refractivity contribution in [2.75, 3.05) is 24.3 Å². The Labute approximate surface area is 167 Å². The number of methoxy groups -OCH3 is 1. The second-order valence-electron chi connectivity index (χ2n) is 5.94. The van der Waals surface area contributed by atoms with Crippen LogP contribution in [0.2, 0.25) is 0 Å². The smallest absolute Gasteiger partial charge is 0.380 e. The molecule has 1 atom stereocenters. The number of ether oxygens (including phenoxy) is 1. The molecule has 0 fully saturated rings. The number of hydrogen-bond acceptors (Lipinski definition) is 4. The fourth-order valence-electron chi connectivity index (χ4n) is 2.44. The Bertz CT molecular complexity index is 754. The molecular formula is C19H23ClF3N3O2. The van der Waals surface area contributed by atoms with Crippen LogP contribution in [-0.2, 0) is 22.3 Å². The molecule has 0 saturated heterocycles. The molecule has 0 spiro atoms. The van der Waals surface area contributed by atoms with Crippen LogP contribution in [0.3, 0.4) is 0 Å². The molecule has 2 rings (SSSR count). The fourth-order valence-corrected chi connectivity index (χ4v) is 2.44. The number of rotatable bonds is 8. The number of nitrogens with one attached hydrogen (secondary N) is 2. The van der Waals surface area contributed by atoms with E-state index in [0.29, 0.717) is 12.2 Å². The summed E-state index contributed by atoms with van der Waals surface area (Å²) in [5, 5.41) is 5.58. The maximum absolute atomic E-state index is 13.0. The molecule has 0 radical (unpaired) electrons. The van der Waals surface area contributed by atoms with Gasteiger partial charge in [0.05, 0.1) is 29.5 Å². The van der Waals surface area contributed by atoms with Gasteiger partial charge in [-0.2, -0.15) is 13.2 Å². The molecule has 0 aliphatic rings. The van der Waals surface area contributed by atoms with Gasteiger partial charge < -0.3 is 21.1 Å². The van der Waals surface area contributed by atoms with Crippen LogP contribution in [-0.4, -0.2) is 25.7 Å². The van der Waals surface area contributed by atoms with Crippen molar-refractivity contribution in [2.45, 2.75) is 25.2 Å². The summed E-state index contributed by atoms with van der Waals surface area (Å²) in [4.78, 5) is 12.2. The number of halogens is 4. The predicted molar refractivity (Wildman–Crippen MR) is 106 cm³/mol. The normalized spacial score (nSPS) is 12.0. The summed E-state index contributed by atoms with van der Waals surface area (Å²) in [5.41, 5.74) is 6.04. The summed E-state index contributed by atoms with van der Waals surface area (Å²) in [6, 6.07) is 12.6. The van der Waals surface area contributed by atoms with Gasteiger partial charge in [0.1, 0.15) is 0 Å². The van der Waals surface area contributed by atoms with E-state index in [1.54, 1.807) is 0 Å². The largest absolute Gasteiger partial charge is 0.416 e. The summed E-state index contributed by atoms with van der Waals surface area (Å²) in [7, 11) is 1.42. The Morgan fingerprint density at radius 1 is 1.14 bits per heavy atom. The van der Waals surface area contributed by atoms with Crippen LogP contribution < -0.4 is 16.4 Å². The second-order valence-corrected chi connectivity index (χ2v) is 5.94. The molecule has 2 aromatic carbocycles. The molecule has 154 valence electrons. The zero-order valence-corrected chi connectivity index (χ0v) is 16.1. The molecule has 0 aliphatic carbocycles. The van der Waals surface area contributed by atoms with Gasteiger partial charge >= 0.3 is 6.18 Å². The third-order valence-electron chi connectivity index (χ3n) is 3.96. The number of anilines is 2. The Hall–Kier alpha value is -2.29. The monoisotopic (exact) mass is 417 g/mol. The third-order valence-corrected chi connectivity index (χ3v) is 3.96. The van der Waals surface area contributed by atoms with Crippen molar-refractivity contribution in [3.05, 3.63) is 59.7 Å². The van der Waals surface area contributed by atoms with Crippen molar-refractivity contribution in [2.24, 2.45) is 5.73 Å². The van der Waals surface area contributed by atoms with Crippen LogP contribution in [0.1, 0.15) is 17.5 Å². The van der Waals surface area contributed by atoms with E-state index in [-0.39, 0.29) is 31.1 Å². The van der Waals surface area contributed by atoms with Crippen LogP contribution in [0, 0.1) is 0 Å². The number of nitrogens with two attached hydrogens (primary N) is 1. The molecule has 1 unspecified atom stereocenters. The summed E-state index contributed by atoms with van der Waals surface area (Å²) in [6.07, 6.45) is -5.07. The van der Waals surface area contributed by atoms with Crippen LogP contribution in [0.15, 0.2) is 48.5 Å². The number of carbonyl (C=O) groups is 1. The number of hydrogen-bond donors (Lipinski definition) is 3. The van der Waals surface area contributed by atoms with E-state index in [1.165, 1.54) is 13.2 Å². The van der Waals surface area contributed by atoms with E-state index in [9.17, 15) is 18.0 Å². The van der Waals surface area contributed by atoms with Crippen molar-refractivity contribution in [1.29, 1.82) is 0 Å². The van der Waals surface area contributed by atoms with Gasteiger partial charge in [-0.1, -0.05) is 30.3 Å². The highest BCUT2D eigenvalue weighted by atomic mass is 35.5. The van der Waals surface area contributed by atoms with Gasteiger partial charge in [0.15, 0.2) is 0 Å². The minimum atomic E-state index is -4.51. The van der Waals surface area contributed by atoms with E-state index >= 15 is 0 Å². The van der Waals surface area contributed by atoms with Crippen molar-refractivity contribution in [1.82, 2.24) is 0 Å². The highest BCUT2D eigenvalue weighted by Gasteiger charge is 2.31. The minimum absolute atomic E-state index is 0. The first-order valence-corrected chi connectivity index (χ1v) is 8.35. The van der Waals surface area contributed by atoms with Crippen LogP contribution in [0.25, 0.3) is 0 Å². The van der Waals surface area contributed by atoms with E-state index in [1.807, 2.05) is 30.3 Å². The minimum Gasteiger partial charge on any atom is -0.380 e. The average Bonchev–Trinajstić information content (AvgIpc) is 2.65. The lowest BCUT2D eigenvalue weighted by Gasteiger charge is -2.17. The molecule has 4 N–H and O–H groups in total. The molecule has 2 aromatic rings. The maximum Gasteiger partial charge on any atom is 0.416 e. The third kappa shape index (κ3) is 7.03. The highest BCUT2D eigenvalue weighted by Crippen LogP contribution is 2.34. The second kappa shape index (κ2) is 10.9. The molecule has 0 saturated carbocycles. The number of carbonyl (C=O) groups excluding carboxylic acids is 1. The first-order valence-electron chi connectivity index (χ1n) is 8.35. The van der Waals surface area contributed by atoms with Gasteiger partial charge in [0, 0.05) is 20.2 Å². The lowest BCUT2D eigenvalue weighted by Crippen LogP contribution is -2.28. The summed E-state index contributed by atoms with van der Waals surface area (Å²) in [5.74, 6) is -0.477. The van der Waals surface area contributed by atoms with Crippen molar-refractivity contribution >= 4 is 29.7 Å². The fraction of sp³-hybridized carbons (Fsp3) is 0.316.